The number of hydrogen-bond acceptors (Lipinski definition) is 2. The molecular weight excluding hydrogens is 224 g/mol. The van der Waals surface area contributed by atoms with Crippen LogP contribution in [-0.2, 0) is 19.9 Å². The number of imidazole rings is 1. The molecule has 0 saturated carbocycles. The van der Waals surface area contributed by atoms with Crippen LogP contribution in [0.2, 0.25) is 0 Å². The van der Waals surface area contributed by atoms with Gasteiger partial charge >= 0.3 is 0 Å². The van der Waals surface area contributed by atoms with Gasteiger partial charge < -0.3 is 9.67 Å². The third-order valence-electron chi connectivity index (χ3n) is 3.21. The van der Waals surface area contributed by atoms with Gasteiger partial charge in [0.15, 0.2) is 0 Å². The zero-order chi connectivity index (χ0) is 13.0. The van der Waals surface area contributed by atoms with Crippen LogP contribution < -0.4 is 0 Å². The van der Waals surface area contributed by atoms with Crippen molar-refractivity contribution >= 4 is 0 Å². The van der Waals surface area contributed by atoms with Crippen molar-refractivity contribution in [1.82, 2.24) is 9.55 Å². The van der Waals surface area contributed by atoms with Crippen LogP contribution in [0.25, 0.3) is 0 Å². The summed E-state index contributed by atoms with van der Waals surface area (Å²) in [5, 5.41) is 10.0. The molecule has 0 spiro atoms. The molecule has 1 N–H and O–H groups in total. The van der Waals surface area contributed by atoms with E-state index in [1.165, 1.54) is 11.1 Å². The Labute approximate surface area is 108 Å². The second kappa shape index (κ2) is 5.83. The normalized spacial score (nSPS) is 12.6. The quantitative estimate of drug-likeness (QED) is 0.876. The maximum Gasteiger partial charge on any atom is 0.108 e. The van der Waals surface area contributed by atoms with Crippen molar-refractivity contribution in [2.75, 3.05) is 0 Å². The average Bonchev–Trinajstić information content (AvgIpc) is 2.75. The first kappa shape index (κ1) is 12.8. The number of rotatable bonds is 5. The summed E-state index contributed by atoms with van der Waals surface area (Å²) in [7, 11) is 1.98. The predicted molar refractivity (Wildman–Crippen MR) is 72.4 cm³/mol. The van der Waals surface area contributed by atoms with Gasteiger partial charge in [0.2, 0.25) is 0 Å². The first-order valence-electron chi connectivity index (χ1n) is 6.35. The highest BCUT2D eigenvalue weighted by molar-refractivity contribution is 5.21. The second-order valence-corrected chi connectivity index (χ2v) is 4.84. The van der Waals surface area contributed by atoms with Crippen molar-refractivity contribution in [2.24, 2.45) is 7.05 Å². The lowest BCUT2D eigenvalue weighted by molar-refractivity contribution is 0.164. The van der Waals surface area contributed by atoms with Crippen LogP contribution in [0.5, 0.6) is 0 Å². The lowest BCUT2D eigenvalue weighted by Gasteiger charge is -2.10. The summed E-state index contributed by atoms with van der Waals surface area (Å²) in [6, 6.07) is 8.33. The van der Waals surface area contributed by atoms with Crippen molar-refractivity contribution in [3.8, 4) is 0 Å². The number of aryl methyl sites for hydroxylation is 3. The minimum Gasteiger partial charge on any atom is -0.393 e. The highest BCUT2D eigenvalue weighted by Gasteiger charge is 2.08. The van der Waals surface area contributed by atoms with Crippen LogP contribution in [0.4, 0.5) is 0 Å². The van der Waals surface area contributed by atoms with Crippen LogP contribution in [0.1, 0.15) is 23.4 Å². The van der Waals surface area contributed by atoms with E-state index >= 15 is 0 Å². The highest BCUT2D eigenvalue weighted by Crippen LogP contribution is 2.10. The Balaban J connectivity index is 1.83. The Morgan fingerprint density at radius 1 is 1.28 bits per heavy atom. The number of aliphatic hydroxyl groups excluding tert-OH is 1. The Morgan fingerprint density at radius 3 is 2.61 bits per heavy atom. The number of benzene rings is 1. The monoisotopic (exact) mass is 244 g/mol. The minimum atomic E-state index is -0.301. The Hall–Kier alpha value is -1.61. The van der Waals surface area contributed by atoms with E-state index < -0.39 is 0 Å². The van der Waals surface area contributed by atoms with Gasteiger partial charge in [0.25, 0.3) is 0 Å². The van der Waals surface area contributed by atoms with Crippen LogP contribution in [0, 0.1) is 6.92 Å². The molecule has 3 heteroatoms. The molecule has 96 valence electrons. The van der Waals surface area contributed by atoms with Gasteiger partial charge in [-0.05, 0) is 25.3 Å². The fourth-order valence-corrected chi connectivity index (χ4v) is 2.03. The molecule has 1 aromatic heterocycles. The molecule has 2 aromatic rings. The molecule has 0 aliphatic heterocycles. The van der Waals surface area contributed by atoms with Gasteiger partial charge in [-0.25, -0.2) is 4.98 Å². The fourth-order valence-electron chi connectivity index (χ4n) is 2.03. The van der Waals surface area contributed by atoms with Crippen molar-refractivity contribution in [1.29, 1.82) is 0 Å². The van der Waals surface area contributed by atoms with Crippen LogP contribution in [0.15, 0.2) is 36.7 Å². The summed E-state index contributed by atoms with van der Waals surface area (Å²) in [4.78, 5) is 4.26. The van der Waals surface area contributed by atoms with E-state index in [9.17, 15) is 5.11 Å². The molecule has 18 heavy (non-hydrogen) atoms. The molecule has 0 aliphatic carbocycles. The molecule has 1 atom stereocenters. The minimum absolute atomic E-state index is 0.301. The van der Waals surface area contributed by atoms with Crippen molar-refractivity contribution < 1.29 is 5.11 Å². The molecule has 0 bridgehead atoms. The predicted octanol–water partition coefficient (Wildman–Crippen LogP) is 2.26. The van der Waals surface area contributed by atoms with E-state index in [0.29, 0.717) is 6.42 Å². The molecule has 3 nitrogen and oxygen atoms in total. The Bertz CT molecular complexity index is 487. The Morgan fingerprint density at radius 2 is 2.00 bits per heavy atom. The topological polar surface area (TPSA) is 38.1 Å². The van der Waals surface area contributed by atoms with E-state index in [1.54, 1.807) is 6.20 Å². The van der Waals surface area contributed by atoms with E-state index in [-0.39, 0.29) is 6.10 Å². The van der Waals surface area contributed by atoms with Gasteiger partial charge in [-0.1, -0.05) is 29.8 Å². The van der Waals surface area contributed by atoms with Crippen molar-refractivity contribution in [3.63, 3.8) is 0 Å². The van der Waals surface area contributed by atoms with Crippen LogP contribution >= 0.6 is 0 Å². The molecule has 2 rings (SSSR count). The summed E-state index contributed by atoms with van der Waals surface area (Å²) in [6.07, 6.45) is 5.70. The molecule has 1 unspecified atom stereocenters. The van der Waals surface area contributed by atoms with Gasteiger partial charge in [0.05, 0.1) is 6.10 Å². The lowest BCUT2D eigenvalue weighted by Crippen LogP contribution is -2.13. The standard InChI is InChI=1S/C15H20N2O/c1-12-3-5-13(6-4-12)11-14(18)7-8-15-16-9-10-17(15)2/h3-6,9-10,14,18H,7-8,11H2,1-2H3. The summed E-state index contributed by atoms with van der Waals surface area (Å²) >= 11 is 0. The largest absolute Gasteiger partial charge is 0.393 e. The van der Waals surface area contributed by atoms with E-state index in [1.807, 2.05) is 17.8 Å². The highest BCUT2D eigenvalue weighted by atomic mass is 16.3. The molecule has 1 heterocycles. The summed E-state index contributed by atoms with van der Waals surface area (Å²) in [5.74, 6) is 1.03. The zero-order valence-electron chi connectivity index (χ0n) is 11.0. The first-order valence-corrected chi connectivity index (χ1v) is 6.35. The third kappa shape index (κ3) is 3.44. The molecule has 1 aromatic carbocycles. The summed E-state index contributed by atoms with van der Waals surface area (Å²) < 4.78 is 2.00. The van der Waals surface area contributed by atoms with Gasteiger partial charge in [-0.2, -0.15) is 0 Å². The maximum absolute atomic E-state index is 10.0. The number of hydrogen-bond donors (Lipinski definition) is 1. The van der Waals surface area contributed by atoms with Gasteiger partial charge in [0, 0.05) is 25.9 Å². The van der Waals surface area contributed by atoms with Gasteiger partial charge in [-0.15, -0.1) is 0 Å². The fraction of sp³-hybridized carbons (Fsp3) is 0.400. The van der Waals surface area contributed by atoms with Crippen LogP contribution in [-0.4, -0.2) is 20.8 Å². The molecule has 0 fully saturated rings. The van der Waals surface area contributed by atoms with Crippen molar-refractivity contribution in [3.05, 3.63) is 53.6 Å². The second-order valence-electron chi connectivity index (χ2n) is 4.84. The average molecular weight is 244 g/mol. The molecule has 0 saturated heterocycles. The number of aliphatic hydroxyl groups is 1. The maximum atomic E-state index is 10.0. The van der Waals surface area contributed by atoms with E-state index in [0.717, 1.165) is 18.7 Å². The van der Waals surface area contributed by atoms with Crippen molar-refractivity contribution in [2.45, 2.75) is 32.3 Å². The zero-order valence-corrected chi connectivity index (χ0v) is 11.0. The molecule has 0 radical (unpaired) electrons. The summed E-state index contributed by atoms with van der Waals surface area (Å²) in [6.45, 7) is 2.07. The van der Waals surface area contributed by atoms with E-state index in [2.05, 4.69) is 36.2 Å². The number of nitrogens with zero attached hydrogens (tertiary/aromatic N) is 2. The SMILES string of the molecule is Cc1ccc(CC(O)CCc2nccn2C)cc1. The van der Waals surface area contributed by atoms with Crippen LogP contribution in [0.3, 0.4) is 0 Å². The van der Waals surface area contributed by atoms with E-state index in [4.69, 9.17) is 0 Å². The third-order valence-corrected chi connectivity index (χ3v) is 3.21. The van der Waals surface area contributed by atoms with Gasteiger partial charge in [0.1, 0.15) is 5.82 Å². The van der Waals surface area contributed by atoms with Gasteiger partial charge in [-0.3, -0.25) is 0 Å². The molecule has 0 amide bonds. The lowest BCUT2D eigenvalue weighted by atomic mass is 10.0. The summed E-state index contributed by atoms with van der Waals surface area (Å²) in [5.41, 5.74) is 2.44. The first-order chi connectivity index (χ1) is 8.65. The molecular formula is C15H20N2O. The molecule has 0 aliphatic rings. The number of aromatic nitrogens is 2. The Kier molecular flexibility index (Phi) is 4.15. The smallest absolute Gasteiger partial charge is 0.108 e.